The Morgan fingerprint density at radius 1 is 1.20 bits per heavy atom. The van der Waals surface area contributed by atoms with Crippen LogP contribution in [-0.4, -0.2) is 24.1 Å². The molecule has 2 rings (SSSR count). The van der Waals surface area contributed by atoms with Gasteiger partial charge in [-0.1, -0.05) is 0 Å². The van der Waals surface area contributed by atoms with Gasteiger partial charge in [0, 0.05) is 42.9 Å². The van der Waals surface area contributed by atoms with E-state index >= 15 is 0 Å². The molecule has 0 aliphatic rings. The maximum atomic E-state index is 5.89. The summed E-state index contributed by atoms with van der Waals surface area (Å²) in [5.74, 6) is 0. The van der Waals surface area contributed by atoms with Crippen molar-refractivity contribution in [2.24, 2.45) is 0 Å². The van der Waals surface area contributed by atoms with E-state index in [1.54, 1.807) is 6.20 Å². The Hall–Kier alpha value is -1.81. The van der Waals surface area contributed by atoms with Gasteiger partial charge >= 0.3 is 0 Å². The van der Waals surface area contributed by atoms with Crippen LogP contribution >= 0.6 is 0 Å². The Kier molecular flexibility index (Phi) is 2.43. The van der Waals surface area contributed by atoms with Crippen LogP contribution in [0.25, 0.3) is 10.8 Å². The minimum atomic E-state index is 0.775. The first-order valence-electron chi connectivity index (χ1n) is 4.74. The van der Waals surface area contributed by atoms with E-state index in [0.29, 0.717) is 0 Å². The number of anilines is 2. The molecule has 1 aromatic carbocycles. The molecule has 78 valence electrons. The first-order valence-corrected chi connectivity index (χ1v) is 4.74. The number of hydrazine groups is 1. The van der Waals surface area contributed by atoms with Gasteiger partial charge in [0.25, 0.3) is 0 Å². The monoisotopic (exact) mass is 202 g/mol. The van der Waals surface area contributed by atoms with E-state index in [2.05, 4.69) is 10.4 Å². The lowest BCUT2D eigenvalue weighted by Gasteiger charge is -2.15. The van der Waals surface area contributed by atoms with E-state index < -0.39 is 0 Å². The topological polar surface area (TPSA) is 54.2 Å². The average Bonchev–Trinajstić information content (AvgIpc) is 2.22. The van der Waals surface area contributed by atoms with Crippen molar-refractivity contribution in [2.45, 2.75) is 0 Å². The van der Waals surface area contributed by atoms with Crippen molar-refractivity contribution >= 4 is 22.1 Å². The van der Waals surface area contributed by atoms with Gasteiger partial charge in [-0.2, -0.15) is 0 Å². The average molecular weight is 202 g/mol. The predicted octanol–water partition coefficient (Wildman–Crippen LogP) is 1.71. The Morgan fingerprint density at radius 3 is 2.73 bits per heavy atom. The van der Waals surface area contributed by atoms with Gasteiger partial charge in [0.1, 0.15) is 0 Å². The van der Waals surface area contributed by atoms with Gasteiger partial charge in [-0.05, 0) is 18.2 Å². The SMILES string of the molecule is CN(C)Nc1ccc(N)c2ccncc12. The molecule has 15 heavy (non-hydrogen) atoms. The Morgan fingerprint density at radius 2 is 2.00 bits per heavy atom. The number of nitrogens with zero attached hydrogens (tertiary/aromatic N) is 2. The summed E-state index contributed by atoms with van der Waals surface area (Å²) in [6.07, 6.45) is 3.57. The van der Waals surface area contributed by atoms with Crippen molar-refractivity contribution in [3.63, 3.8) is 0 Å². The van der Waals surface area contributed by atoms with E-state index in [4.69, 9.17) is 5.73 Å². The Bertz CT molecular complexity index is 479. The third kappa shape index (κ3) is 1.85. The summed E-state index contributed by atoms with van der Waals surface area (Å²) in [6, 6.07) is 5.78. The molecular formula is C11H14N4. The summed E-state index contributed by atoms with van der Waals surface area (Å²) in [5, 5.41) is 3.95. The van der Waals surface area contributed by atoms with Crippen LogP contribution in [0.2, 0.25) is 0 Å². The first-order chi connectivity index (χ1) is 7.18. The number of nitrogens with two attached hydrogens (primary N) is 1. The number of nitrogens with one attached hydrogen (secondary N) is 1. The third-order valence-electron chi connectivity index (χ3n) is 2.20. The van der Waals surface area contributed by atoms with Crippen molar-refractivity contribution in [3.8, 4) is 0 Å². The zero-order chi connectivity index (χ0) is 10.8. The molecule has 3 N–H and O–H groups in total. The number of pyridine rings is 1. The molecule has 1 heterocycles. The highest BCUT2D eigenvalue weighted by molar-refractivity contribution is 6.00. The first kappa shape index (κ1) is 9.73. The second-order valence-corrected chi connectivity index (χ2v) is 3.63. The highest BCUT2D eigenvalue weighted by atomic mass is 15.5. The smallest absolute Gasteiger partial charge is 0.0585 e. The Balaban J connectivity index is 2.61. The van der Waals surface area contributed by atoms with Crippen molar-refractivity contribution in [1.82, 2.24) is 9.99 Å². The fraction of sp³-hybridized carbons (Fsp3) is 0.182. The van der Waals surface area contributed by atoms with E-state index in [1.165, 1.54) is 0 Å². The number of fused-ring (bicyclic) bond motifs is 1. The molecule has 0 bridgehead atoms. The number of aromatic nitrogens is 1. The minimum absolute atomic E-state index is 0.775. The van der Waals surface area contributed by atoms with Gasteiger partial charge in [-0.25, -0.2) is 5.01 Å². The van der Waals surface area contributed by atoms with Crippen molar-refractivity contribution in [3.05, 3.63) is 30.6 Å². The van der Waals surface area contributed by atoms with Gasteiger partial charge < -0.3 is 11.2 Å². The molecular weight excluding hydrogens is 188 g/mol. The molecule has 0 radical (unpaired) electrons. The van der Waals surface area contributed by atoms with Gasteiger partial charge in [0.05, 0.1) is 5.69 Å². The molecule has 0 spiro atoms. The van der Waals surface area contributed by atoms with Crippen LogP contribution in [0.15, 0.2) is 30.6 Å². The van der Waals surface area contributed by atoms with Crippen LogP contribution in [-0.2, 0) is 0 Å². The quantitative estimate of drug-likeness (QED) is 0.575. The summed E-state index contributed by atoms with van der Waals surface area (Å²) in [6.45, 7) is 0. The largest absolute Gasteiger partial charge is 0.398 e. The second-order valence-electron chi connectivity index (χ2n) is 3.63. The molecule has 0 aliphatic heterocycles. The second kappa shape index (κ2) is 3.74. The molecule has 0 atom stereocenters. The van der Waals surface area contributed by atoms with Crippen LogP contribution in [0, 0.1) is 0 Å². The standard InChI is InChI=1S/C11H14N4/c1-15(2)14-11-4-3-10(12)8-5-6-13-7-9(8)11/h3-7,14H,12H2,1-2H3. The molecule has 0 aliphatic carbocycles. The lowest BCUT2D eigenvalue weighted by Crippen LogP contribution is -2.19. The van der Waals surface area contributed by atoms with Gasteiger partial charge in [0.15, 0.2) is 0 Å². The number of benzene rings is 1. The van der Waals surface area contributed by atoms with Crippen LogP contribution in [0.4, 0.5) is 11.4 Å². The van der Waals surface area contributed by atoms with Gasteiger partial charge in [-0.3, -0.25) is 4.98 Å². The molecule has 2 aromatic rings. The zero-order valence-corrected chi connectivity index (χ0v) is 8.86. The molecule has 0 amide bonds. The number of hydrogen-bond donors (Lipinski definition) is 2. The normalized spacial score (nSPS) is 10.9. The van der Waals surface area contributed by atoms with Gasteiger partial charge in [0.2, 0.25) is 0 Å². The third-order valence-corrected chi connectivity index (χ3v) is 2.20. The minimum Gasteiger partial charge on any atom is -0.398 e. The Labute approximate surface area is 88.7 Å². The molecule has 0 fully saturated rings. The summed E-state index contributed by atoms with van der Waals surface area (Å²) < 4.78 is 0. The van der Waals surface area contributed by atoms with Crippen LogP contribution in [0.5, 0.6) is 0 Å². The maximum absolute atomic E-state index is 5.89. The molecule has 4 nitrogen and oxygen atoms in total. The van der Waals surface area contributed by atoms with Crippen LogP contribution in [0.1, 0.15) is 0 Å². The highest BCUT2D eigenvalue weighted by Crippen LogP contribution is 2.27. The van der Waals surface area contributed by atoms with E-state index in [1.807, 2.05) is 43.5 Å². The summed E-state index contributed by atoms with van der Waals surface area (Å²) >= 11 is 0. The molecule has 0 unspecified atom stereocenters. The summed E-state index contributed by atoms with van der Waals surface area (Å²) in [4.78, 5) is 4.11. The van der Waals surface area contributed by atoms with E-state index in [0.717, 1.165) is 22.1 Å². The molecule has 0 saturated heterocycles. The molecule has 1 aromatic heterocycles. The predicted molar refractivity (Wildman–Crippen MR) is 63.5 cm³/mol. The fourth-order valence-corrected chi connectivity index (χ4v) is 1.55. The molecule has 0 saturated carbocycles. The lowest BCUT2D eigenvalue weighted by atomic mass is 10.1. The van der Waals surface area contributed by atoms with Crippen molar-refractivity contribution in [1.29, 1.82) is 0 Å². The van der Waals surface area contributed by atoms with Crippen molar-refractivity contribution < 1.29 is 0 Å². The zero-order valence-electron chi connectivity index (χ0n) is 8.86. The number of rotatable bonds is 2. The number of hydrogen-bond acceptors (Lipinski definition) is 4. The maximum Gasteiger partial charge on any atom is 0.0585 e. The van der Waals surface area contributed by atoms with Crippen LogP contribution in [0.3, 0.4) is 0 Å². The number of nitrogen functional groups attached to an aromatic ring is 1. The van der Waals surface area contributed by atoms with Crippen LogP contribution < -0.4 is 11.2 Å². The van der Waals surface area contributed by atoms with E-state index in [-0.39, 0.29) is 0 Å². The molecule has 4 heteroatoms. The summed E-state index contributed by atoms with van der Waals surface area (Å²) in [5.41, 5.74) is 10.9. The van der Waals surface area contributed by atoms with E-state index in [9.17, 15) is 0 Å². The van der Waals surface area contributed by atoms with Crippen molar-refractivity contribution in [2.75, 3.05) is 25.3 Å². The lowest BCUT2D eigenvalue weighted by molar-refractivity contribution is 0.496. The summed E-state index contributed by atoms with van der Waals surface area (Å²) in [7, 11) is 3.89. The highest BCUT2D eigenvalue weighted by Gasteiger charge is 2.03. The van der Waals surface area contributed by atoms with Gasteiger partial charge in [-0.15, -0.1) is 0 Å². The fourth-order valence-electron chi connectivity index (χ4n) is 1.55.